The first-order chi connectivity index (χ1) is 11.5. The van der Waals surface area contributed by atoms with E-state index in [4.69, 9.17) is 26.5 Å². The highest BCUT2D eigenvalue weighted by Gasteiger charge is 2.13. The zero-order chi connectivity index (χ0) is 17.1. The molecule has 2 aromatic carbocycles. The van der Waals surface area contributed by atoms with Crippen molar-refractivity contribution in [3.63, 3.8) is 0 Å². The summed E-state index contributed by atoms with van der Waals surface area (Å²) in [4.78, 5) is 11.4. The van der Waals surface area contributed by atoms with E-state index in [9.17, 15) is 4.79 Å². The lowest BCUT2D eigenvalue weighted by Gasteiger charge is -2.07. The number of carbonyl (C=O) groups is 1. The Hall–Kier alpha value is -2.38. The van der Waals surface area contributed by atoms with Gasteiger partial charge in [-0.25, -0.2) is 0 Å². The van der Waals surface area contributed by atoms with Crippen molar-refractivity contribution in [3.05, 3.63) is 63.4 Å². The molecule has 24 heavy (non-hydrogen) atoms. The van der Waals surface area contributed by atoms with Crippen molar-refractivity contribution in [2.45, 2.75) is 6.61 Å². The number of ether oxygens (including phenoxy) is 1. The largest absolute Gasteiger partial charge is 0.483 e. The summed E-state index contributed by atoms with van der Waals surface area (Å²) in [5.41, 5.74) is 6.29. The Morgan fingerprint density at radius 1 is 1.21 bits per heavy atom. The molecule has 1 heterocycles. The van der Waals surface area contributed by atoms with E-state index in [1.165, 1.54) is 6.07 Å². The van der Waals surface area contributed by atoms with Gasteiger partial charge in [0.1, 0.15) is 5.75 Å². The van der Waals surface area contributed by atoms with Crippen LogP contribution in [0.2, 0.25) is 5.02 Å². The van der Waals surface area contributed by atoms with Gasteiger partial charge >= 0.3 is 0 Å². The lowest BCUT2D eigenvalue weighted by atomic mass is 10.2. The van der Waals surface area contributed by atoms with Crippen molar-refractivity contribution in [2.75, 3.05) is 0 Å². The van der Waals surface area contributed by atoms with E-state index in [0.717, 1.165) is 10.0 Å². The van der Waals surface area contributed by atoms with Crippen LogP contribution in [0.3, 0.4) is 0 Å². The van der Waals surface area contributed by atoms with Crippen molar-refractivity contribution >= 4 is 33.4 Å². The molecule has 0 bridgehead atoms. The first-order valence-electron chi connectivity index (χ1n) is 6.83. The number of amides is 1. The summed E-state index contributed by atoms with van der Waals surface area (Å²) in [7, 11) is 0. The highest BCUT2D eigenvalue weighted by Crippen LogP contribution is 2.24. The molecule has 0 atom stereocenters. The van der Waals surface area contributed by atoms with Crippen LogP contribution < -0.4 is 10.5 Å². The summed E-state index contributed by atoms with van der Waals surface area (Å²) in [5.74, 6) is 0.328. The maximum Gasteiger partial charge on any atom is 0.254 e. The number of hydrogen-bond acceptors (Lipinski definition) is 5. The number of halogens is 2. The highest BCUT2D eigenvalue weighted by atomic mass is 79.9. The van der Waals surface area contributed by atoms with Crippen LogP contribution in [-0.2, 0) is 6.61 Å². The van der Waals surface area contributed by atoms with Gasteiger partial charge in [0.2, 0.25) is 5.89 Å². The molecule has 1 amide bonds. The second-order valence-electron chi connectivity index (χ2n) is 4.80. The molecule has 0 aliphatic heterocycles. The van der Waals surface area contributed by atoms with E-state index in [2.05, 4.69) is 26.1 Å². The summed E-state index contributed by atoms with van der Waals surface area (Å²) < 4.78 is 12.0. The average molecular weight is 409 g/mol. The molecule has 0 unspecified atom stereocenters. The molecule has 0 radical (unpaired) electrons. The zero-order valence-electron chi connectivity index (χ0n) is 12.2. The summed E-state index contributed by atoms with van der Waals surface area (Å²) in [5, 5.41) is 8.30. The van der Waals surface area contributed by atoms with Crippen LogP contribution in [0.25, 0.3) is 11.5 Å². The number of hydrogen-bond donors (Lipinski definition) is 1. The minimum atomic E-state index is -0.631. The Kier molecular flexibility index (Phi) is 4.82. The number of rotatable bonds is 5. The molecule has 2 N–H and O–H groups in total. The second kappa shape index (κ2) is 7.02. The van der Waals surface area contributed by atoms with Gasteiger partial charge in [-0.05, 0) is 42.5 Å². The van der Waals surface area contributed by atoms with E-state index < -0.39 is 5.91 Å². The fourth-order valence-corrected chi connectivity index (χ4v) is 2.42. The van der Waals surface area contributed by atoms with Crippen LogP contribution in [-0.4, -0.2) is 16.1 Å². The third kappa shape index (κ3) is 3.74. The molecule has 0 saturated carbocycles. The number of primary amides is 1. The number of nitrogens with zero attached hydrogens (tertiary/aromatic N) is 2. The lowest BCUT2D eigenvalue weighted by Crippen LogP contribution is -2.13. The first kappa shape index (κ1) is 16.5. The Bertz CT molecular complexity index is 881. The van der Waals surface area contributed by atoms with Gasteiger partial charge in [-0.15, -0.1) is 10.2 Å². The van der Waals surface area contributed by atoms with E-state index in [0.29, 0.717) is 16.7 Å². The van der Waals surface area contributed by atoms with Gasteiger partial charge in [0, 0.05) is 15.1 Å². The Morgan fingerprint density at radius 3 is 2.67 bits per heavy atom. The molecular weight excluding hydrogens is 398 g/mol. The van der Waals surface area contributed by atoms with E-state index in [1.807, 2.05) is 24.3 Å². The van der Waals surface area contributed by atoms with Crippen LogP contribution in [0.5, 0.6) is 5.75 Å². The SMILES string of the molecule is NC(=O)c1cc(Cl)ccc1OCc1nnc(-c2ccc(Br)cc2)o1. The Morgan fingerprint density at radius 2 is 1.96 bits per heavy atom. The Balaban J connectivity index is 1.74. The molecule has 0 fully saturated rings. The molecule has 0 saturated heterocycles. The van der Waals surface area contributed by atoms with Gasteiger partial charge < -0.3 is 14.9 Å². The number of carbonyl (C=O) groups excluding carboxylic acids is 1. The van der Waals surface area contributed by atoms with Crippen LogP contribution in [0, 0.1) is 0 Å². The van der Waals surface area contributed by atoms with Gasteiger partial charge in [0.15, 0.2) is 6.61 Å². The van der Waals surface area contributed by atoms with Gasteiger partial charge in [-0.3, -0.25) is 4.79 Å². The molecular formula is C16H11BrClN3O3. The van der Waals surface area contributed by atoms with Crippen molar-refractivity contribution in [2.24, 2.45) is 5.73 Å². The van der Waals surface area contributed by atoms with E-state index in [-0.39, 0.29) is 18.1 Å². The molecule has 3 rings (SSSR count). The lowest BCUT2D eigenvalue weighted by molar-refractivity contribution is 0.0995. The summed E-state index contributed by atoms with van der Waals surface area (Å²) >= 11 is 9.22. The topological polar surface area (TPSA) is 91.2 Å². The minimum absolute atomic E-state index is 0.00540. The van der Waals surface area contributed by atoms with Gasteiger partial charge in [0.05, 0.1) is 5.56 Å². The fraction of sp³-hybridized carbons (Fsp3) is 0.0625. The Labute approximate surface area is 150 Å². The minimum Gasteiger partial charge on any atom is -0.483 e. The maximum atomic E-state index is 11.4. The molecule has 1 aromatic heterocycles. The normalized spacial score (nSPS) is 10.6. The molecule has 6 nitrogen and oxygen atoms in total. The van der Waals surface area contributed by atoms with Gasteiger partial charge in [-0.2, -0.15) is 0 Å². The molecule has 122 valence electrons. The van der Waals surface area contributed by atoms with Gasteiger partial charge in [-0.1, -0.05) is 27.5 Å². The number of nitrogens with two attached hydrogens (primary N) is 1. The predicted octanol–water partition coefficient (Wildman–Crippen LogP) is 3.83. The molecule has 0 aliphatic rings. The fourth-order valence-electron chi connectivity index (χ4n) is 1.98. The van der Waals surface area contributed by atoms with Gasteiger partial charge in [0.25, 0.3) is 11.8 Å². The monoisotopic (exact) mass is 407 g/mol. The van der Waals surface area contributed by atoms with Crippen LogP contribution in [0.4, 0.5) is 0 Å². The summed E-state index contributed by atoms with van der Waals surface area (Å²) in [6.45, 7) is 0.00540. The van der Waals surface area contributed by atoms with E-state index in [1.54, 1.807) is 12.1 Å². The predicted molar refractivity (Wildman–Crippen MR) is 91.7 cm³/mol. The van der Waals surface area contributed by atoms with Crippen LogP contribution >= 0.6 is 27.5 Å². The van der Waals surface area contributed by atoms with E-state index >= 15 is 0 Å². The number of aromatic nitrogens is 2. The summed E-state index contributed by atoms with van der Waals surface area (Å²) in [6, 6.07) is 12.1. The molecule has 0 aliphatic carbocycles. The van der Waals surface area contributed by atoms with Crippen molar-refractivity contribution in [1.82, 2.24) is 10.2 Å². The van der Waals surface area contributed by atoms with Crippen LogP contribution in [0.1, 0.15) is 16.2 Å². The quantitative estimate of drug-likeness (QED) is 0.693. The standard InChI is InChI=1S/C16H11BrClN3O3/c17-10-3-1-9(2-4-10)16-21-20-14(24-16)8-23-13-6-5-11(18)7-12(13)15(19)22/h1-7H,8H2,(H2,19,22). The highest BCUT2D eigenvalue weighted by molar-refractivity contribution is 9.10. The maximum absolute atomic E-state index is 11.4. The first-order valence-corrected chi connectivity index (χ1v) is 8.00. The smallest absolute Gasteiger partial charge is 0.254 e. The second-order valence-corrected chi connectivity index (χ2v) is 6.15. The summed E-state index contributed by atoms with van der Waals surface area (Å²) in [6.07, 6.45) is 0. The van der Waals surface area contributed by atoms with Crippen molar-refractivity contribution in [1.29, 1.82) is 0 Å². The zero-order valence-corrected chi connectivity index (χ0v) is 14.5. The molecule has 3 aromatic rings. The average Bonchev–Trinajstić information content (AvgIpc) is 3.03. The third-order valence-electron chi connectivity index (χ3n) is 3.12. The van der Waals surface area contributed by atoms with Crippen molar-refractivity contribution < 1.29 is 13.9 Å². The van der Waals surface area contributed by atoms with Crippen LogP contribution in [0.15, 0.2) is 51.4 Å². The number of benzene rings is 2. The molecule has 0 spiro atoms. The third-order valence-corrected chi connectivity index (χ3v) is 3.88. The molecule has 8 heteroatoms. The van der Waals surface area contributed by atoms with Crippen molar-refractivity contribution in [3.8, 4) is 17.2 Å².